The van der Waals surface area contributed by atoms with Gasteiger partial charge in [0, 0.05) is 38.3 Å². The zero-order valence-electron chi connectivity index (χ0n) is 11.7. The molecule has 1 unspecified atom stereocenters. The molecule has 1 aliphatic heterocycles. The van der Waals surface area contributed by atoms with E-state index in [0.29, 0.717) is 6.54 Å². The molecule has 110 valence electrons. The SMILES string of the molecule is CCN1CCOC(CNCc2cccc([N+](=O)[O-])c2)C1. The number of nitro groups is 1. The van der Waals surface area contributed by atoms with Crippen LogP contribution < -0.4 is 5.32 Å². The molecule has 6 heteroatoms. The monoisotopic (exact) mass is 279 g/mol. The van der Waals surface area contributed by atoms with E-state index in [4.69, 9.17) is 4.74 Å². The van der Waals surface area contributed by atoms with Crippen LogP contribution in [0.5, 0.6) is 0 Å². The van der Waals surface area contributed by atoms with Gasteiger partial charge in [-0.2, -0.15) is 0 Å². The molecule has 0 bridgehead atoms. The summed E-state index contributed by atoms with van der Waals surface area (Å²) in [5, 5.41) is 14.0. The van der Waals surface area contributed by atoms with Crippen molar-refractivity contribution >= 4 is 5.69 Å². The van der Waals surface area contributed by atoms with Crippen LogP contribution in [0.4, 0.5) is 5.69 Å². The lowest BCUT2D eigenvalue weighted by molar-refractivity contribution is -0.384. The van der Waals surface area contributed by atoms with Gasteiger partial charge in [0.05, 0.1) is 17.6 Å². The van der Waals surface area contributed by atoms with Crippen molar-refractivity contribution in [2.24, 2.45) is 0 Å². The summed E-state index contributed by atoms with van der Waals surface area (Å²) < 4.78 is 5.70. The van der Waals surface area contributed by atoms with Gasteiger partial charge in [0.1, 0.15) is 0 Å². The van der Waals surface area contributed by atoms with Crippen molar-refractivity contribution in [2.75, 3.05) is 32.8 Å². The fourth-order valence-corrected chi connectivity index (χ4v) is 2.35. The van der Waals surface area contributed by atoms with Crippen molar-refractivity contribution in [2.45, 2.75) is 19.6 Å². The van der Waals surface area contributed by atoms with E-state index in [-0.39, 0.29) is 16.7 Å². The zero-order valence-corrected chi connectivity index (χ0v) is 11.7. The van der Waals surface area contributed by atoms with Gasteiger partial charge in [-0.3, -0.25) is 15.0 Å². The van der Waals surface area contributed by atoms with Crippen LogP contribution in [0, 0.1) is 10.1 Å². The molecule has 0 amide bonds. The summed E-state index contributed by atoms with van der Waals surface area (Å²) in [7, 11) is 0. The average Bonchev–Trinajstić information content (AvgIpc) is 2.48. The van der Waals surface area contributed by atoms with Crippen LogP contribution in [0.3, 0.4) is 0 Å². The van der Waals surface area contributed by atoms with Crippen LogP contribution in [0.2, 0.25) is 0 Å². The van der Waals surface area contributed by atoms with Crippen LogP contribution >= 0.6 is 0 Å². The lowest BCUT2D eigenvalue weighted by atomic mass is 10.2. The first kappa shape index (κ1) is 14.9. The minimum absolute atomic E-state index is 0.135. The molecule has 2 rings (SSSR count). The van der Waals surface area contributed by atoms with E-state index in [9.17, 15) is 10.1 Å². The molecule has 1 saturated heterocycles. The molecule has 1 aliphatic rings. The summed E-state index contributed by atoms with van der Waals surface area (Å²) in [5.41, 5.74) is 1.05. The second-order valence-electron chi connectivity index (χ2n) is 4.94. The molecule has 1 atom stereocenters. The van der Waals surface area contributed by atoms with Crippen molar-refractivity contribution in [1.82, 2.24) is 10.2 Å². The number of nitro benzene ring substituents is 1. The summed E-state index contributed by atoms with van der Waals surface area (Å²) in [6, 6.07) is 6.71. The topological polar surface area (TPSA) is 67.6 Å². The summed E-state index contributed by atoms with van der Waals surface area (Å²) in [6.07, 6.45) is 0.197. The number of ether oxygens (including phenoxy) is 1. The Labute approximate surface area is 118 Å². The lowest BCUT2D eigenvalue weighted by Gasteiger charge is -2.32. The van der Waals surface area contributed by atoms with Gasteiger partial charge in [-0.15, -0.1) is 0 Å². The van der Waals surface area contributed by atoms with Crippen molar-refractivity contribution in [1.29, 1.82) is 0 Å². The second kappa shape index (κ2) is 7.33. The molecule has 6 nitrogen and oxygen atoms in total. The number of rotatable bonds is 6. The fourth-order valence-electron chi connectivity index (χ4n) is 2.35. The largest absolute Gasteiger partial charge is 0.374 e. The Morgan fingerprint density at radius 1 is 1.55 bits per heavy atom. The molecule has 0 saturated carbocycles. The standard InChI is InChI=1S/C14H21N3O3/c1-2-16-6-7-20-14(11-16)10-15-9-12-4-3-5-13(8-12)17(18)19/h3-5,8,14-15H,2,6-7,9-11H2,1H3. The number of morpholine rings is 1. The molecule has 1 heterocycles. The highest BCUT2D eigenvalue weighted by Gasteiger charge is 2.18. The third-order valence-electron chi connectivity index (χ3n) is 3.49. The highest BCUT2D eigenvalue weighted by Crippen LogP contribution is 2.13. The minimum Gasteiger partial charge on any atom is -0.374 e. The number of nitrogens with zero attached hydrogens (tertiary/aromatic N) is 2. The summed E-state index contributed by atoms with van der Waals surface area (Å²) in [4.78, 5) is 12.7. The maximum absolute atomic E-state index is 10.7. The zero-order chi connectivity index (χ0) is 14.4. The van der Waals surface area contributed by atoms with E-state index in [0.717, 1.165) is 38.3 Å². The van der Waals surface area contributed by atoms with Gasteiger partial charge in [0.25, 0.3) is 5.69 Å². The molecule has 20 heavy (non-hydrogen) atoms. The van der Waals surface area contributed by atoms with Crippen LogP contribution in [-0.4, -0.2) is 48.7 Å². The predicted octanol–water partition coefficient (Wildman–Crippen LogP) is 1.41. The van der Waals surface area contributed by atoms with Crippen LogP contribution in [0.15, 0.2) is 24.3 Å². The number of likely N-dealkylation sites (N-methyl/N-ethyl adjacent to an activating group) is 1. The Morgan fingerprint density at radius 3 is 3.15 bits per heavy atom. The van der Waals surface area contributed by atoms with Crippen molar-refractivity contribution < 1.29 is 9.66 Å². The Bertz CT molecular complexity index is 453. The number of benzene rings is 1. The Balaban J connectivity index is 1.78. The molecular formula is C14H21N3O3. The molecule has 1 N–H and O–H groups in total. The Hall–Kier alpha value is -1.50. The van der Waals surface area contributed by atoms with Crippen molar-refractivity contribution in [3.8, 4) is 0 Å². The Kier molecular flexibility index (Phi) is 5.46. The van der Waals surface area contributed by atoms with Gasteiger partial charge in [0.2, 0.25) is 0 Å². The quantitative estimate of drug-likeness (QED) is 0.630. The van der Waals surface area contributed by atoms with Crippen LogP contribution in [0.1, 0.15) is 12.5 Å². The highest BCUT2D eigenvalue weighted by atomic mass is 16.6. The molecule has 0 aliphatic carbocycles. The smallest absolute Gasteiger partial charge is 0.269 e. The molecule has 0 aromatic heterocycles. The van der Waals surface area contributed by atoms with E-state index in [1.165, 1.54) is 6.07 Å². The first-order valence-electron chi connectivity index (χ1n) is 6.97. The predicted molar refractivity (Wildman–Crippen MR) is 76.7 cm³/mol. The highest BCUT2D eigenvalue weighted by molar-refractivity contribution is 5.34. The summed E-state index contributed by atoms with van der Waals surface area (Å²) in [5.74, 6) is 0. The van der Waals surface area contributed by atoms with Crippen molar-refractivity contribution in [3.63, 3.8) is 0 Å². The number of hydrogen-bond acceptors (Lipinski definition) is 5. The fraction of sp³-hybridized carbons (Fsp3) is 0.571. The molecule has 0 radical (unpaired) electrons. The van der Waals surface area contributed by atoms with E-state index in [2.05, 4.69) is 17.1 Å². The summed E-state index contributed by atoms with van der Waals surface area (Å²) in [6.45, 7) is 7.30. The molecule has 1 aromatic carbocycles. The van der Waals surface area contributed by atoms with Crippen LogP contribution in [-0.2, 0) is 11.3 Å². The maximum atomic E-state index is 10.7. The average molecular weight is 279 g/mol. The third-order valence-corrected chi connectivity index (χ3v) is 3.49. The van der Waals surface area contributed by atoms with Gasteiger partial charge in [-0.25, -0.2) is 0 Å². The number of non-ortho nitro benzene ring substituents is 1. The first-order chi connectivity index (χ1) is 9.69. The summed E-state index contributed by atoms with van der Waals surface area (Å²) >= 11 is 0. The Morgan fingerprint density at radius 2 is 2.40 bits per heavy atom. The van der Waals surface area contributed by atoms with Crippen molar-refractivity contribution in [3.05, 3.63) is 39.9 Å². The van der Waals surface area contributed by atoms with Gasteiger partial charge < -0.3 is 10.1 Å². The number of nitrogens with one attached hydrogen (secondary N) is 1. The van der Waals surface area contributed by atoms with Crippen LogP contribution in [0.25, 0.3) is 0 Å². The van der Waals surface area contributed by atoms with Gasteiger partial charge in [-0.1, -0.05) is 19.1 Å². The second-order valence-corrected chi connectivity index (χ2v) is 4.94. The molecular weight excluding hydrogens is 258 g/mol. The first-order valence-corrected chi connectivity index (χ1v) is 6.97. The van der Waals surface area contributed by atoms with E-state index < -0.39 is 0 Å². The van der Waals surface area contributed by atoms with E-state index >= 15 is 0 Å². The van der Waals surface area contributed by atoms with E-state index in [1.54, 1.807) is 12.1 Å². The molecule has 1 fully saturated rings. The molecule has 1 aromatic rings. The lowest BCUT2D eigenvalue weighted by Crippen LogP contribution is -2.46. The van der Waals surface area contributed by atoms with Gasteiger partial charge in [-0.05, 0) is 12.1 Å². The molecule has 0 spiro atoms. The van der Waals surface area contributed by atoms with Gasteiger partial charge in [0.15, 0.2) is 0 Å². The van der Waals surface area contributed by atoms with E-state index in [1.807, 2.05) is 6.07 Å². The normalized spacial score (nSPS) is 19.9. The van der Waals surface area contributed by atoms with Gasteiger partial charge >= 0.3 is 0 Å². The maximum Gasteiger partial charge on any atom is 0.269 e. The third kappa shape index (κ3) is 4.26. The minimum atomic E-state index is -0.368. The number of hydrogen-bond donors (Lipinski definition) is 1.